The highest BCUT2D eigenvalue weighted by atomic mass is 16.6. The summed E-state index contributed by atoms with van der Waals surface area (Å²) in [6.45, 7) is 2.53. The molecule has 24 heavy (non-hydrogen) atoms. The first-order chi connectivity index (χ1) is 11.6. The van der Waals surface area contributed by atoms with Crippen molar-refractivity contribution in [3.8, 4) is 0 Å². The van der Waals surface area contributed by atoms with Crippen LogP contribution in [0, 0.1) is 17.0 Å². The van der Waals surface area contributed by atoms with Crippen molar-refractivity contribution >= 4 is 28.4 Å². The molecule has 0 saturated heterocycles. The van der Waals surface area contributed by atoms with Crippen LogP contribution in [-0.4, -0.2) is 21.9 Å². The van der Waals surface area contributed by atoms with E-state index in [0.717, 1.165) is 27.8 Å². The SMILES string of the molecule is CNc1nc(NCc2ccc([N+](=O)[O-])cc2)c2ccc(C)cc2n1. The Kier molecular flexibility index (Phi) is 4.24. The maximum atomic E-state index is 10.7. The summed E-state index contributed by atoms with van der Waals surface area (Å²) in [5.74, 6) is 1.27. The zero-order valence-corrected chi connectivity index (χ0v) is 13.4. The number of aryl methyl sites for hydroxylation is 1. The Hall–Kier alpha value is -3.22. The van der Waals surface area contributed by atoms with Gasteiger partial charge in [0.2, 0.25) is 5.95 Å². The molecule has 0 aliphatic rings. The maximum Gasteiger partial charge on any atom is 0.269 e. The van der Waals surface area contributed by atoms with E-state index in [1.54, 1.807) is 19.2 Å². The zero-order chi connectivity index (χ0) is 17.1. The second kappa shape index (κ2) is 6.49. The molecule has 1 heterocycles. The largest absolute Gasteiger partial charge is 0.365 e. The molecule has 0 atom stereocenters. The molecule has 1 aromatic heterocycles. The van der Waals surface area contributed by atoms with Gasteiger partial charge >= 0.3 is 0 Å². The van der Waals surface area contributed by atoms with E-state index in [1.165, 1.54) is 12.1 Å². The lowest BCUT2D eigenvalue weighted by molar-refractivity contribution is -0.384. The summed E-state index contributed by atoms with van der Waals surface area (Å²) in [4.78, 5) is 19.2. The van der Waals surface area contributed by atoms with E-state index in [4.69, 9.17) is 0 Å². The molecule has 122 valence electrons. The van der Waals surface area contributed by atoms with Crippen LogP contribution >= 0.6 is 0 Å². The minimum atomic E-state index is -0.406. The maximum absolute atomic E-state index is 10.7. The van der Waals surface area contributed by atoms with Gasteiger partial charge in [-0.05, 0) is 30.2 Å². The highest BCUT2D eigenvalue weighted by molar-refractivity contribution is 5.90. The molecule has 7 heteroatoms. The molecular weight excluding hydrogens is 306 g/mol. The number of benzene rings is 2. The van der Waals surface area contributed by atoms with Gasteiger partial charge in [0, 0.05) is 31.1 Å². The molecule has 0 aliphatic heterocycles. The van der Waals surface area contributed by atoms with E-state index >= 15 is 0 Å². The van der Waals surface area contributed by atoms with Crippen molar-refractivity contribution < 1.29 is 4.92 Å². The Bertz CT molecular complexity index is 893. The molecule has 0 saturated carbocycles. The normalized spacial score (nSPS) is 10.6. The molecule has 0 spiro atoms. The number of nitrogens with one attached hydrogen (secondary N) is 2. The van der Waals surface area contributed by atoms with E-state index < -0.39 is 4.92 Å². The minimum absolute atomic E-state index is 0.0826. The number of non-ortho nitro benzene ring substituents is 1. The van der Waals surface area contributed by atoms with Crippen LogP contribution in [0.4, 0.5) is 17.5 Å². The standard InChI is InChI=1S/C17H17N5O2/c1-11-3-8-14-15(9-11)20-17(18-2)21-16(14)19-10-12-4-6-13(7-5-12)22(23)24/h3-9H,10H2,1-2H3,(H2,18,19,20,21). The third kappa shape index (κ3) is 3.24. The Labute approximate surface area is 138 Å². The molecule has 0 aliphatic carbocycles. The summed E-state index contributed by atoms with van der Waals surface area (Å²) in [7, 11) is 1.77. The van der Waals surface area contributed by atoms with E-state index in [2.05, 4.69) is 20.6 Å². The molecular formula is C17H17N5O2. The molecule has 0 radical (unpaired) electrons. The van der Waals surface area contributed by atoms with Crippen LogP contribution in [0.5, 0.6) is 0 Å². The Morgan fingerprint density at radius 2 is 1.88 bits per heavy atom. The van der Waals surface area contributed by atoms with Gasteiger partial charge in [0.25, 0.3) is 5.69 Å². The highest BCUT2D eigenvalue weighted by Crippen LogP contribution is 2.23. The van der Waals surface area contributed by atoms with Crippen molar-refractivity contribution in [2.75, 3.05) is 17.7 Å². The monoisotopic (exact) mass is 323 g/mol. The van der Waals surface area contributed by atoms with Gasteiger partial charge in [0.15, 0.2) is 0 Å². The van der Waals surface area contributed by atoms with Crippen molar-refractivity contribution in [2.24, 2.45) is 0 Å². The molecule has 0 fully saturated rings. The van der Waals surface area contributed by atoms with Crippen LogP contribution in [0.2, 0.25) is 0 Å². The number of nitro benzene ring substituents is 1. The van der Waals surface area contributed by atoms with Gasteiger partial charge in [-0.1, -0.05) is 18.2 Å². The smallest absolute Gasteiger partial charge is 0.269 e. The zero-order valence-electron chi connectivity index (χ0n) is 13.4. The fraction of sp³-hybridized carbons (Fsp3) is 0.176. The van der Waals surface area contributed by atoms with Gasteiger partial charge in [0.05, 0.1) is 10.4 Å². The fourth-order valence-corrected chi connectivity index (χ4v) is 2.41. The van der Waals surface area contributed by atoms with Crippen LogP contribution in [0.3, 0.4) is 0 Å². The number of nitro groups is 1. The fourth-order valence-electron chi connectivity index (χ4n) is 2.41. The van der Waals surface area contributed by atoms with Crippen molar-refractivity contribution in [3.63, 3.8) is 0 Å². The van der Waals surface area contributed by atoms with Crippen molar-refractivity contribution in [1.82, 2.24) is 9.97 Å². The molecule has 0 amide bonds. The topological polar surface area (TPSA) is 93.0 Å². The van der Waals surface area contributed by atoms with Crippen molar-refractivity contribution in [3.05, 3.63) is 63.7 Å². The van der Waals surface area contributed by atoms with Crippen LogP contribution in [-0.2, 0) is 6.54 Å². The molecule has 0 bridgehead atoms. The summed E-state index contributed by atoms with van der Waals surface area (Å²) in [6.07, 6.45) is 0. The first kappa shape index (κ1) is 15.7. The van der Waals surface area contributed by atoms with Gasteiger partial charge in [-0.3, -0.25) is 10.1 Å². The number of hydrogen-bond acceptors (Lipinski definition) is 6. The average Bonchev–Trinajstić information content (AvgIpc) is 2.59. The summed E-state index contributed by atoms with van der Waals surface area (Å²) >= 11 is 0. The lowest BCUT2D eigenvalue weighted by Gasteiger charge is -2.11. The number of anilines is 2. The van der Waals surface area contributed by atoms with Crippen LogP contribution < -0.4 is 10.6 Å². The predicted octanol–water partition coefficient (Wildman–Crippen LogP) is 3.50. The summed E-state index contributed by atoms with van der Waals surface area (Å²) in [6, 6.07) is 12.5. The quantitative estimate of drug-likeness (QED) is 0.551. The molecule has 7 nitrogen and oxygen atoms in total. The van der Waals surface area contributed by atoms with E-state index in [9.17, 15) is 10.1 Å². The van der Waals surface area contributed by atoms with Crippen LogP contribution in [0.25, 0.3) is 10.9 Å². The molecule has 3 aromatic rings. The summed E-state index contributed by atoms with van der Waals surface area (Å²) < 4.78 is 0. The number of aromatic nitrogens is 2. The molecule has 2 N–H and O–H groups in total. The van der Waals surface area contributed by atoms with Gasteiger partial charge in [-0.2, -0.15) is 4.98 Å². The molecule has 0 unspecified atom stereocenters. The Balaban J connectivity index is 1.87. The Morgan fingerprint density at radius 3 is 2.54 bits per heavy atom. The Morgan fingerprint density at radius 1 is 1.12 bits per heavy atom. The second-order valence-corrected chi connectivity index (χ2v) is 5.44. The number of hydrogen-bond donors (Lipinski definition) is 2. The first-order valence-electron chi connectivity index (χ1n) is 7.50. The third-order valence-corrected chi connectivity index (χ3v) is 3.68. The first-order valence-corrected chi connectivity index (χ1v) is 7.50. The van der Waals surface area contributed by atoms with Gasteiger partial charge < -0.3 is 10.6 Å². The third-order valence-electron chi connectivity index (χ3n) is 3.68. The van der Waals surface area contributed by atoms with Gasteiger partial charge in [-0.15, -0.1) is 0 Å². The lowest BCUT2D eigenvalue weighted by Crippen LogP contribution is -2.05. The van der Waals surface area contributed by atoms with Crippen LogP contribution in [0.15, 0.2) is 42.5 Å². The van der Waals surface area contributed by atoms with Gasteiger partial charge in [-0.25, -0.2) is 4.98 Å². The van der Waals surface area contributed by atoms with E-state index in [1.807, 2.05) is 25.1 Å². The molecule has 3 rings (SSSR count). The van der Waals surface area contributed by atoms with Crippen LogP contribution in [0.1, 0.15) is 11.1 Å². The highest BCUT2D eigenvalue weighted by Gasteiger charge is 2.08. The van der Waals surface area contributed by atoms with Gasteiger partial charge in [0.1, 0.15) is 5.82 Å². The van der Waals surface area contributed by atoms with Crippen molar-refractivity contribution in [2.45, 2.75) is 13.5 Å². The van der Waals surface area contributed by atoms with E-state index in [0.29, 0.717) is 12.5 Å². The number of fused-ring (bicyclic) bond motifs is 1. The summed E-state index contributed by atoms with van der Waals surface area (Å²) in [5.41, 5.74) is 3.01. The second-order valence-electron chi connectivity index (χ2n) is 5.44. The predicted molar refractivity (Wildman–Crippen MR) is 94.2 cm³/mol. The molecule has 2 aromatic carbocycles. The number of nitrogens with zero attached hydrogens (tertiary/aromatic N) is 3. The number of rotatable bonds is 5. The average molecular weight is 323 g/mol. The summed E-state index contributed by atoms with van der Waals surface area (Å²) in [5, 5.41) is 17.9. The minimum Gasteiger partial charge on any atom is -0.365 e. The van der Waals surface area contributed by atoms with Crippen molar-refractivity contribution in [1.29, 1.82) is 0 Å². The van der Waals surface area contributed by atoms with E-state index in [-0.39, 0.29) is 5.69 Å². The lowest BCUT2D eigenvalue weighted by atomic mass is 10.1.